The van der Waals surface area contributed by atoms with Crippen molar-refractivity contribution in [3.63, 3.8) is 0 Å². The number of aromatic nitrogens is 6. The Labute approximate surface area is 362 Å². The first-order valence-corrected chi connectivity index (χ1v) is 21.3. The van der Waals surface area contributed by atoms with Gasteiger partial charge in [-0.25, -0.2) is 15.0 Å². The SMILES string of the molecule is c1ccc(-c2nc(-c3ccccc3)nc(-c3ccc(-n4c5ccccc5c5c4ccc4c6ccccc6n(-c6ccc7c(c6)c6ccccc6n7-c6ccccc6)c45)cc3)n2)cc1. The van der Waals surface area contributed by atoms with Gasteiger partial charge >= 0.3 is 0 Å². The zero-order chi connectivity index (χ0) is 41.4. The summed E-state index contributed by atoms with van der Waals surface area (Å²) in [6.45, 7) is 0. The largest absolute Gasteiger partial charge is 0.309 e. The lowest BCUT2D eigenvalue weighted by molar-refractivity contribution is 1.07. The van der Waals surface area contributed by atoms with Crippen LogP contribution in [0.2, 0.25) is 0 Å². The third-order valence-electron chi connectivity index (χ3n) is 12.5. The Morgan fingerprint density at radius 3 is 1.29 bits per heavy atom. The van der Waals surface area contributed by atoms with Gasteiger partial charge in [-0.1, -0.05) is 140 Å². The molecule has 0 aliphatic heterocycles. The molecule has 0 bridgehead atoms. The van der Waals surface area contributed by atoms with E-state index < -0.39 is 0 Å². The molecule has 0 aliphatic carbocycles. The molecule has 63 heavy (non-hydrogen) atoms. The number of hydrogen-bond acceptors (Lipinski definition) is 3. The van der Waals surface area contributed by atoms with Gasteiger partial charge in [0.25, 0.3) is 0 Å². The van der Waals surface area contributed by atoms with E-state index in [0.717, 1.165) is 44.8 Å². The Balaban J connectivity index is 1.01. The van der Waals surface area contributed by atoms with Gasteiger partial charge in [0, 0.05) is 66.1 Å². The molecular formula is C57H36N6. The predicted molar refractivity (Wildman–Crippen MR) is 259 cm³/mol. The van der Waals surface area contributed by atoms with Crippen LogP contribution in [0, 0.1) is 0 Å². The van der Waals surface area contributed by atoms with Crippen LogP contribution >= 0.6 is 0 Å². The van der Waals surface area contributed by atoms with Crippen LogP contribution in [0.1, 0.15) is 0 Å². The standard InChI is InChI=1S/C57H36N6/c1-4-16-37(17-5-1)55-58-56(38-18-6-2-7-19-38)60-57(59-55)39-28-30-41(31-29-39)62-50-27-15-12-24-46(50)53-52(62)35-33-45-43-22-10-14-26-49(43)63(54(45)53)42-32-34-51-47(36-42)44-23-11-13-25-48(44)61(51)40-20-8-3-9-21-40/h1-36H. The number of hydrogen-bond donors (Lipinski definition) is 0. The van der Waals surface area contributed by atoms with Gasteiger partial charge in [-0.15, -0.1) is 0 Å². The first-order chi connectivity index (χ1) is 31.3. The molecule has 0 fully saturated rings. The maximum atomic E-state index is 5.00. The van der Waals surface area contributed by atoms with Gasteiger partial charge in [0.05, 0.1) is 33.1 Å². The van der Waals surface area contributed by atoms with Crippen molar-refractivity contribution in [1.82, 2.24) is 28.7 Å². The van der Waals surface area contributed by atoms with Crippen molar-refractivity contribution in [3.8, 4) is 51.2 Å². The van der Waals surface area contributed by atoms with Gasteiger partial charge in [0.2, 0.25) is 0 Å². The summed E-state index contributed by atoms with van der Waals surface area (Å²) in [5, 5.41) is 7.32. The van der Waals surface area contributed by atoms with Crippen molar-refractivity contribution >= 4 is 65.4 Å². The minimum absolute atomic E-state index is 0.631. The molecule has 4 aromatic heterocycles. The Hall–Kier alpha value is -8.61. The highest BCUT2D eigenvalue weighted by molar-refractivity contribution is 6.26. The average molecular weight is 805 g/mol. The van der Waals surface area contributed by atoms with E-state index in [-0.39, 0.29) is 0 Å². The highest BCUT2D eigenvalue weighted by Crippen LogP contribution is 2.43. The van der Waals surface area contributed by atoms with Crippen LogP contribution in [-0.2, 0) is 0 Å². The monoisotopic (exact) mass is 804 g/mol. The molecule has 0 spiro atoms. The fourth-order valence-corrected chi connectivity index (χ4v) is 9.71. The van der Waals surface area contributed by atoms with E-state index in [4.69, 9.17) is 15.0 Å². The summed E-state index contributed by atoms with van der Waals surface area (Å²) in [6.07, 6.45) is 0. The zero-order valence-corrected chi connectivity index (χ0v) is 34.0. The lowest BCUT2D eigenvalue weighted by Crippen LogP contribution is -2.00. The number of rotatable bonds is 6. The minimum atomic E-state index is 0.631. The summed E-state index contributed by atoms with van der Waals surface area (Å²) in [7, 11) is 0. The molecule has 0 atom stereocenters. The number of para-hydroxylation sites is 4. The maximum absolute atomic E-state index is 5.00. The summed E-state index contributed by atoms with van der Waals surface area (Å²) in [5.74, 6) is 1.92. The molecule has 0 unspecified atom stereocenters. The van der Waals surface area contributed by atoms with Crippen LogP contribution < -0.4 is 0 Å². The summed E-state index contributed by atoms with van der Waals surface area (Å²) in [4.78, 5) is 14.9. The third kappa shape index (κ3) is 5.48. The van der Waals surface area contributed by atoms with Gasteiger partial charge in [0.1, 0.15) is 0 Å². The fraction of sp³-hybridized carbons (Fsp3) is 0. The molecule has 0 radical (unpaired) electrons. The smallest absolute Gasteiger partial charge is 0.164 e. The Morgan fingerprint density at radius 2 is 0.667 bits per heavy atom. The lowest BCUT2D eigenvalue weighted by Gasteiger charge is -2.12. The average Bonchev–Trinajstić information content (AvgIpc) is 4.00. The van der Waals surface area contributed by atoms with Gasteiger partial charge < -0.3 is 13.7 Å². The number of nitrogens with zero attached hydrogens (tertiary/aromatic N) is 6. The minimum Gasteiger partial charge on any atom is -0.309 e. The van der Waals surface area contributed by atoms with E-state index in [0.29, 0.717) is 17.5 Å². The van der Waals surface area contributed by atoms with Crippen LogP contribution in [0.5, 0.6) is 0 Å². The maximum Gasteiger partial charge on any atom is 0.164 e. The molecule has 0 N–H and O–H groups in total. The predicted octanol–water partition coefficient (Wildman–Crippen LogP) is 14.2. The summed E-state index contributed by atoms with van der Waals surface area (Å²) in [6, 6.07) is 77.4. The lowest BCUT2D eigenvalue weighted by atomic mass is 10.1. The Bertz CT molecular complexity index is 3820. The number of benzene rings is 9. The van der Waals surface area contributed by atoms with Gasteiger partial charge in [-0.05, 0) is 78.9 Å². The van der Waals surface area contributed by atoms with Crippen molar-refractivity contribution in [2.75, 3.05) is 0 Å². The molecule has 6 nitrogen and oxygen atoms in total. The van der Waals surface area contributed by atoms with E-state index >= 15 is 0 Å². The molecule has 0 saturated heterocycles. The molecule has 9 aromatic carbocycles. The van der Waals surface area contributed by atoms with Gasteiger partial charge in [-0.3, -0.25) is 0 Å². The molecule has 13 rings (SSSR count). The number of fused-ring (bicyclic) bond motifs is 10. The Kier molecular flexibility index (Phi) is 7.80. The van der Waals surface area contributed by atoms with Crippen molar-refractivity contribution in [2.45, 2.75) is 0 Å². The van der Waals surface area contributed by atoms with E-state index in [2.05, 4.69) is 171 Å². The summed E-state index contributed by atoms with van der Waals surface area (Å²) >= 11 is 0. The summed E-state index contributed by atoms with van der Waals surface area (Å²) in [5.41, 5.74) is 13.2. The first kappa shape index (κ1) is 35.2. The van der Waals surface area contributed by atoms with E-state index in [1.165, 1.54) is 54.4 Å². The van der Waals surface area contributed by atoms with Crippen LogP contribution in [0.4, 0.5) is 0 Å². The normalized spacial score (nSPS) is 11.8. The molecule has 0 aliphatic rings. The molecule has 6 heteroatoms. The third-order valence-corrected chi connectivity index (χ3v) is 12.5. The highest BCUT2D eigenvalue weighted by atomic mass is 15.0. The second-order valence-corrected chi connectivity index (χ2v) is 16.0. The van der Waals surface area contributed by atoms with E-state index in [1.807, 2.05) is 60.7 Å². The van der Waals surface area contributed by atoms with E-state index in [1.54, 1.807) is 0 Å². The zero-order valence-electron chi connectivity index (χ0n) is 34.0. The quantitative estimate of drug-likeness (QED) is 0.168. The van der Waals surface area contributed by atoms with Crippen LogP contribution in [0.15, 0.2) is 218 Å². The molecule has 0 saturated carbocycles. The van der Waals surface area contributed by atoms with E-state index in [9.17, 15) is 0 Å². The van der Waals surface area contributed by atoms with Crippen molar-refractivity contribution in [2.24, 2.45) is 0 Å². The van der Waals surface area contributed by atoms with Crippen LogP contribution in [-0.4, -0.2) is 28.7 Å². The first-order valence-electron chi connectivity index (χ1n) is 21.3. The van der Waals surface area contributed by atoms with Crippen molar-refractivity contribution < 1.29 is 0 Å². The van der Waals surface area contributed by atoms with Gasteiger partial charge in [-0.2, -0.15) is 0 Å². The molecular weight excluding hydrogens is 769 g/mol. The summed E-state index contributed by atoms with van der Waals surface area (Å²) < 4.78 is 7.25. The molecule has 4 heterocycles. The van der Waals surface area contributed by atoms with Crippen molar-refractivity contribution in [1.29, 1.82) is 0 Å². The molecule has 13 aromatic rings. The second-order valence-electron chi connectivity index (χ2n) is 16.0. The fourth-order valence-electron chi connectivity index (χ4n) is 9.71. The topological polar surface area (TPSA) is 53.5 Å². The molecule has 0 amide bonds. The van der Waals surface area contributed by atoms with Gasteiger partial charge in [0.15, 0.2) is 17.5 Å². The van der Waals surface area contributed by atoms with Crippen LogP contribution in [0.3, 0.4) is 0 Å². The Morgan fingerprint density at radius 1 is 0.254 bits per heavy atom. The second kappa shape index (κ2) is 14.0. The highest BCUT2D eigenvalue weighted by Gasteiger charge is 2.22. The molecule has 294 valence electrons. The van der Waals surface area contributed by atoms with Crippen LogP contribution in [0.25, 0.3) is 117 Å². The van der Waals surface area contributed by atoms with Crippen molar-refractivity contribution in [3.05, 3.63) is 218 Å².